The topological polar surface area (TPSA) is 65.0 Å². The molecule has 2 atom stereocenters. The first-order valence-corrected chi connectivity index (χ1v) is 11.3. The summed E-state index contributed by atoms with van der Waals surface area (Å²) in [5.41, 5.74) is 0. The number of hydrogen-bond donors (Lipinski definition) is 1. The largest absolute Gasteiger partial charge is 0.357 e. The summed E-state index contributed by atoms with van der Waals surface area (Å²) in [6, 6.07) is 0. The lowest BCUT2D eigenvalue weighted by Crippen LogP contribution is -2.40. The highest BCUT2D eigenvalue weighted by Crippen LogP contribution is 2.35. The molecule has 2 unspecified atom stereocenters. The van der Waals surface area contributed by atoms with Crippen molar-refractivity contribution in [1.29, 1.82) is 0 Å². The predicted molar refractivity (Wildman–Crippen MR) is 115 cm³/mol. The van der Waals surface area contributed by atoms with Gasteiger partial charge in [-0.25, -0.2) is 12.7 Å². The van der Waals surface area contributed by atoms with Gasteiger partial charge in [-0.15, -0.1) is 24.0 Å². The molecule has 1 aliphatic carbocycles. The average molecular weight is 486 g/mol. The number of halogens is 1. The van der Waals surface area contributed by atoms with Crippen molar-refractivity contribution in [2.75, 3.05) is 45.5 Å². The maximum atomic E-state index is 11.6. The number of nitrogens with one attached hydrogen (secondary N) is 1. The zero-order valence-corrected chi connectivity index (χ0v) is 19.1. The van der Waals surface area contributed by atoms with Crippen molar-refractivity contribution in [2.45, 2.75) is 46.0 Å². The molecule has 0 aromatic carbocycles. The lowest BCUT2D eigenvalue weighted by Gasteiger charge is -2.22. The van der Waals surface area contributed by atoms with Crippen LogP contribution in [0.2, 0.25) is 0 Å². The number of guanidine groups is 1. The smallest absolute Gasteiger partial charge is 0.211 e. The van der Waals surface area contributed by atoms with E-state index in [1.165, 1.54) is 36.2 Å². The number of fused-ring (bicyclic) bond motifs is 1. The number of rotatable bonds is 7. The minimum atomic E-state index is -3.10. The molecule has 1 N–H and O–H groups in total. The van der Waals surface area contributed by atoms with Gasteiger partial charge in [-0.3, -0.25) is 4.99 Å². The zero-order chi connectivity index (χ0) is 17.6. The van der Waals surface area contributed by atoms with Crippen LogP contribution in [0, 0.1) is 11.8 Å². The van der Waals surface area contributed by atoms with E-state index in [1.807, 2.05) is 6.92 Å². The molecule has 25 heavy (non-hydrogen) atoms. The number of nitrogens with zero attached hydrogens (tertiary/aromatic N) is 3. The molecule has 0 spiro atoms. The number of hydrogen-bond acceptors (Lipinski definition) is 3. The van der Waals surface area contributed by atoms with Gasteiger partial charge in [-0.1, -0.05) is 19.8 Å². The van der Waals surface area contributed by atoms with Crippen LogP contribution in [-0.2, 0) is 10.0 Å². The molecule has 2 rings (SSSR count). The summed E-state index contributed by atoms with van der Waals surface area (Å²) in [7, 11) is -3.10. The second-order valence-corrected chi connectivity index (χ2v) is 9.04. The van der Waals surface area contributed by atoms with Crippen molar-refractivity contribution >= 4 is 40.0 Å². The first kappa shape index (κ1) is 23.0. The summed E-state index contributed by atoms with van der Waals surface area (Å²) in [4.78, 5) is 7.17. The molecule has 0 amide bonds. The molecule has 0 aromatic rings. The molecule has 2 fully saturated rings. The van der Waals surface area contributed by atoms with E-state index < -0.39 is 10.0 Å². The van der Waals surface area contributed by atoms with Gasteiger partial charge in [0.15, 0.2) is 5.96 Å². The van der Waals surface area contributed by atoms with Crippen LogP contribution in [0.25, 0.3) is 0 Å². The lowest BCUT2D eigenvalue weighted by molar-refractivity contribution is 0.299. The fraction of sp³-hybridized carbons (Fsp3) is 0.941. The van der Waals surface area contributed by atoms with Crippen molar-refractivity contribution in [3.05, 3.63) is 0 Å². The second-order valence-electron chi connectivity index (χ2n) is 7.05. The van der Waals surface area contributed by atoms with Crippen molar-refractivity contribution in [2.24, 2.45) is 16.8 Å². The Morgan fingerprint density at radius 2 is 1.80 bits per heavy atom. The molecule has 1 saturated heterocycles. The van der Waals surface area contributed by atoms with Gasteiger partial charge in [-0.05, 0) is 38.0 Å². The normalized spacial score (nSPS) is 24.2. The summed E-state index contributed by atoms with van der Waals surface area (Å²) in [6.07, 6.45) is 7.51. The van der Waals surface area contributed by atoms with Crippen LogP contribution in [-0.4, -0.2) is 69.1 Å². The Balaban J connectivity index is 0.00000312. The van der Waals surface area contributed by atoms with E-state index in [2.05, 4.69) is 17.1 Å². The van der Waals surface area contributed by atoms with Gasteiger partial charge in [0.2, 0.25) is 10.0 Å². The zero-order valence-electron chi connectivity index (χ0n) is 15.9. The Hall–Kier alpha value is -0.0900. The van der Waals surface area contributed by atoms with Crippen molar-refractivity contribution in [3.8, 4) is 0 Å². The van der Waals surface area contributed by atoms with Crippen molar-refractivity contribution < 1.29 is 8.42 Å². The quantitative estimate of drug-likeness (QED) is 0.260. The van der Waals surface area contributed by atoms with Crippen molar-refractivity contribution in [1.82, 2.24) is 14.5 Å². The van der Waals surface area contributed by atoms with Crippen LogP contribution in [0.1, 0.15) is 46.0 Å². The maximum Gasteiger partial charge on any atom is 0.211 e. The summed E-state index contributed by atoms with van der Waals surface area (Å²) in [5, 5.41) is 3.41. The average Bonchev–Trinajstić information content (AvgIpc) is 2.96. The third kappa shape index (κ3) is 6.86. The SMILES string of the molecule is CCNC(=NCCCN(CC)S(C)(=O)=O)N1CC2CCCCC2C1.I. The van der Waals surface area contributed by atoms with Gasteiger partial charge in [0.05, 0.1) is 6.26 Å². The molecule has 148 valence electrons. The van der Waals surface area contributed by atoms with Crippen LogP contribution in [0.15, 0.2) is 4.99 Å². The Bertz CT molecular complexity index is 513. The molecule has 1 heterocycles. The number of likely N-dealkylation sites (tertiary alicyclic amines) is 1. The minimum Gasteiger partial charge on any atom is -0.357 e. The first-order chi connectivity index (χ1) is 11.5. The van der Waals surface area contributed by atoms with Gasteiger partial charge in [0.25, 0.3) is 0 Å². The Morgan fingerprint density at radius 1 is 1.20 bits per heavy atom. The third-order valence-corrected chi connectivity index (χ3v) is 6.64. The highest BCUT2D eigenvalue weighted by Gasteiger charge is 2.35. The molecule has 0 radical (unpaired) electrons. The Labute approximate surface area is 170 Å². The molecule has 1 aliphatic heterocycles. The molecule has 8 heteroatoms. The van der Waals surface area contributed by atoms with E-state index >= 15 is 0 Å². The highest BCUT2D eigenvalue weighted by atomic mass is 127. The fourth-order valence-electron chi connectivity index (χ4n) is 4.00. The van der Waals surface area contributed by atoms with E-state index in [4.69, 9.17) is 4.99 Å². The summed E-state index contributed by atoms with van der Waals surface area (Å²) in [6.45, 7) is 8.83. The van der Waals surface area contributed by atoms with E-state index in [0.29, 0.717) is 19.6 Å². The molecule has 0 bridgehead atoms. The molecule has 0 aromatic heterocycles. The molecular formula is C17H35IN4O2S. The van der Waals surface area contributed by atoms with Crippen LogP contribution >= 0.6 is 24.0 Å². The monoisotopic (exact) mass is 486 g/mol. The van der Waals surface area contributed by atoms with Crippen molar-refractivity contribution in [3.63, 3.8) is 0 Å². The van der Waals surface area contributed by atoms with Gasteiger partial charge in [0.1, 0.15) is 0 Å². The molecule has 1 saturated carbocycles. The molecule has 6 nitrogen and oxygen atoms in total. The van der Waals surface area contributed by atoms with Crippen LogP contribution in [0.5, 0.6) is 0 Å². The summed E-state index contributed by atoms with van der Waals surface area (Å²) < 4.78 is 24.7. The van der Waals surface area contributed by atoms with Gasteiger partial charge < -0.3 is 10.2 Å². The second kappa shape index (κ2) is 10.9. The number of sulfonamides is 1. The summed E-state index contributed by atoms with van der Waals surface area (Å²) >= 11 is 0. The van der Waals surface area contributed by atoms with E-state index in [9.17, 15) is 8.42 Å². The van der Waals surface area contributed by atoms with Crippen LogP contribution < -0.4 is 5.32 Å². The Morgan fingerprint density at radius 3 is 2.28 bits per heavy atom. The molecular weight excluding hydrogens is 451 g/mol. The number of aliphatic imine (C=N–C) groups is 1. The fourth-order valence-corrected chi connectivity index (χ4v) is 4.92. The van der Waals surface area contributed by atoms with Gasteiger partial charge in [0, 0.05) is 39.3 Å². The predicted octanol–water partition coefficient (Wildman–Crippen LogP) is 2.36. The maximum absolute atomic E-state index is 11.6. The van der Waals surface area contributed by atoms with Crippen LogP contribution in [0.4, 0.5) is 0 Å². The van der Waals surface area contributed by atoms with Gasteiger partial charge in [-0.2, -0.15) is 0 Å². The molecule has 2 aliphatic rings. The van der Waals surface area contributed by atoms with E-state index in [0.717, 1.165) is 43.9 Å². The standard InChI is InChI=1S/C17H34N4O2S.HI/c1-4-18-17(19-11-8-12-21(5-2)24(3,22)23)20-13-15-9-6-7-10-16(15)14-20;/h15-16H,4-14H2,1-3H3,(H,18,19);1H. The summed E-state index contributed by atoms with van der Waals surface area (Å²) in [5.74, 6) is 2.68. The Kier molecular flexibility index (Phi) is 10.0. The van der Waals surface area contributed by atoms with Crippen LogP contribution in [0.3, 0.4) is 0 Å². The third-order valence-electron chi connectivity index (χ3n) is 5.26. The lowest BCUT2D eigenvalue weighted by atomic mass is 9.82. The van der Waals surface area contributed by atoms with E-state index in [1.54, 1.807) is 0 Å². The van der Waals surface area contributed by atoms with Gasteiger partial charge >= 0.3 is 0 Å². The first-order valence-electron chi connectivity index (χ1n) is 9.44. The minimum absolute atomic E-state index is 0. The highest BCUT2D eigenvalue weighted by molar-refractivity contribution is 14.0. The van der Waals surface area contributed by atoms with E-state index in [-0.39, 0.29) is 24.0 Å².